The highest BCUT2D eigenvalue weighted by Gasteiger charge is 2.29. The fourth-order valence-corrected chi connectivity index (χ4v) is 3.66. The maximum atomic E-state index is 14.2. The fourth-order valence-electron chi connectivity index (χ4n) is 3.18. The van der Waals surface area contributed by atoms with Gasteiger partial charge in [-0.25, -0.2) is 9.37 Å². The molecule has 3 aromatic rings. The van der Waals surface area contributed by atoms with Crippen molar-refractivity contribution in [1.29, 1.82) is 0 Å². The van der Waals surface area contributed by atoms with E-state index < -0.39 is 18.9 Å². The van der Waals surface area contributed by atoms with Crippen LogP contribution < -0.4 is 11.2 Å². The fraction of sp³-hybridized carbons (Fsp3) is 0.353. The van der Waals surface area contributed by atoms with E-state index in [2.05, 4.69) is 4.98 Å². The number of aromatic nitrogens is 2. The van der Waals surface area contributed by atoms with Gasteiger partial charge in [-0.3, -0.25) is 4.57 Å². The summed E-state index contributed by atoms with van der Waals surface area (Å²) in [6.07, 6.45) is 2.81. The quantitative estimate of drug-likeness (QED) is 0.464. The molecular formula is C17H19FN3O4P. The van der Waals surface area contributed by atoms with Gasteiger partial charge in [-0.2, -0.15) is 0 Å². The van der Waals surface area contributed by atoms with Gasteiger partial charge in [0, 0.05) is 6.54 Å². The molecule has 1 aliphatic carbocycles. The number of benzene rings is 1. The third-order valence-electron chi connectivity index (χ3n) is 4.70. The SMILES string of the molecule is CCc1cc(F)c(N)c2nc(-c3ccc(P(=O)(O)O)o3)n(CC3CC3)c12. The van der Waals surface area contributed by atoms with Crippen molar-refractivity contribution < 1.29 is 23.2 Å². The summed E-state index contributed by atoms with van der Waals surface area (Å²) in [6, 6.07) is 4.13. The first kappa shape index (κ1) is 17.3. The number of halogens is 1. The van der Waals surface area contributed by atoms with Crippen LogP contribution in [0.15, 0.2) is 22.6 Å². The summed E-state index contributed by atoms with van der Waals surface area (Å²) in [4.78, 5) is 23.1. The third kappa shape index (κ3) is 2.84. The minimum atomic E-state index is -4.50. The normalized spacial score (nSPS) is 15.1. The highest BCUT2D eigenvalue weighted by atomic mass is 31.2. The van der Waals surface area contributed by atoms with Gasteiger partial charge >= 0.3 is 7.60 Å². The average molecular weight is 379 g/mol. The van der Waals surface area contributed by atoms with E-state index in [1.165, 1.54) is 18.2 Å². The van der Waals surface area contributed by atoms with Gasteiger partial charge in [-0.1, -0.05) is 6.92 Å². The van der Waals surface area contributed by atoms with E-state index in [4.69, 9.17) is 10.2 Å². The van der Waals surface area contributed by atoms with Crippen molar-refractivity contribution in [2.24, 2.45) is 5.92 Å². The molecule has 2 heterocycles. The van der Waals surface area contributed by atoms with Crippen LogP contribution in [0.25, 0.3) is 22.6 Å². The second kappa shape index (κ2) is 5.94. The van der Waals surface area contributed by atoms with Crippen LogP contribution in [0.1, 0.15) is 25.3 Å². The number of hydrogen-bond acceptors (Lipinski definition) is 4. The van der Waals surface area contributed by atoms with Crippen molar-refractivity contribution in [1.82, 2.24) is 9.55 Å². The van der Waals surface area contributed by atoms with E-state index in [1.807, 2.05) is 11.5 Å². The summed E-state index contributed by atoms with van der Waals surface area (Å²) in [5, 5.41) is 0. The second-order valence-electron chi connectivity index (χ2n) is 6.65. The molecule has 0 bridgehead atoms. The minimum absolute atomic E-state index is 0.0326. The molecule has 1 saturated carbocycles. The predicted octanol–water partition coefficient (Wildman–Crippen LogP) is 2.79. The first-order chi connectivity index (χ1) is 12.3. The van der Waals surface area contributed by atoms with Gasteiger partial charge in [0.1, 0.15) is 11.3 Å². The van der Waals surface area contributed by atoms with Crippen LogP contribution in [0, 0.1) is 11.7 Å². The lowest BCUT2D eigenvalue weighted by molar-refractivity contribution is 0.377. The molecule has 0 amide bonds. The Bertz CT molecular complexity index is 1050. The summed E-state index contributed by atoms with van der Waals surface area (Å²) >= 11 is 0. The van der Waals surface area contributed by atoms with Gasteiger partial charge in [0.25, 0.3) is 0 Å². The lowest BCUT2D eigenvalue weighted by Gasteiger charge is -2.10. The van der Waals surface area contributed by atoms with E-state index in [9.17, 15) is 18.7 Å². The Hall–Kier alpha value is -2.15. The number of imidazole rings is 1. The number of aryl methyl sites for hydroxylation is 1. The Kier molecular flexibility index (Phi) is 3.95. The zero-order valence-corrected chi connectivity index (χ0v) is 15.0. The van der Waals surface area contributed by atoms with E-state index in [0.717, 1.165) is 23.9 Å². The Morgan fingerprint density at radius 1 is 1.42 bits per heavy atom. The average Bonchev–Trinajstić information content (AvgIpc) is 3.10. The molecule has 1 fully saturated rings. The van der Waals surface area contributed by atoms with Crippen LogP contribution in [0.2, 0.25) is 0 Å². The van der Waals surface area contributed by atoms with Gasteiger partial charge in [0.2, 0.25) is 5.50 Å². The Balaban J connectivity index is 1.97. The third-order valence-corrected chi connectivity index (χ3v) is 5.52. The van der Waals surface area contributed by atoms with Crippen molar-refractivity contribution >= 4 is 29.8 Å². The largest absolute Gasteiger partial charge is 0.445 e. The number of anilines is 1. The number of fused-ring (bicyclic) bond motifs is 1. The van der Waals surface area contributed by atoms with Crippen molar-refractivity contribution in [3.05, 3.63) is 29.6 Å². The summed E-state index contributed by atoms with van der Waals surface area (Å²) in [6.45, 7) is 2.60. The number of furan rings is 1. The molecule has 4 rings (SSSR count). The van der Waals surface area contributed by atoms with E-state index in [1.54, 1.807) is 0 Å². The van der Waals surface area contributed by atoms with Crippen molar-refractivity contribution in [3.63, 3.8) is 0 Å². The second-order valence-corrected chi connectivity index (χ2v) is 8.18. The van der Waals surface area contributed by atoms with Crippen molar-refractivity contribution in [3.8, 4) is 11.6 Å². The first-order valence-corrected chi connectivity index (χ1v) is 10.0. The van der Waals surface area contributed by atoms with Crippen LogP contribution in [0.4, 0.5) is 10.1 Å². The number of rotatable bonds is 5. The maximum Gasteiger partial charge on any atom is 0.391 e. The molecular weight excluding hydrogens is 360 g/mol. The number of nitrogens with two attached hydrogens (primary N) is 1. The van der Waals surface area contributed by atoms with Gasteiger partial charge in [0.15, 0.2) is 11.6 Å². The highest BCUT2D eigenvalue weighted by Crippen LogP contribution is 2.39. The Morgan fingerprint density at radius 3 is 2.73 bits per heavy atom. The van der Waals surface area contributed by atoms with Gasteiger partial charge in [-0.05, 0) is 48.9 Å². The lowest BCUT2D eigenvalue weighted by Crippen LogP contribution is -2.05. The molecule has 1 aromatic carbocycles. The molecule has 0 atom stereocenters. The van der Waals surface area contributed by atoms with Crippen LogP contribution in [0.3, 0.4) is 0 Å². The Morgan fingerprint density at radius 2 is 2.15 bits per heavy atom. The summed E-state index contributed by atoms with van der Waals surface area (Å²) < 4.78 is 32.9. The molecule has 138 valence electrons. The predicted molar refractivity (Wildman–Crippen MR) is 95.6 cm³/mol. The Labute approximate surface area is 148 Å². The van der Waals surface area contributed by atoms with Crippen LogP contribution in [0.5, 0.6) is 0 Å². The van der Waals surface area contributed by atoms with Gasteiger partial charge in [0.05, 0.1) is 11.2 Å². The maximum absolute atomic E-state index is 14.2. The van der Waals surface area contributed by atoms with E-state index in [-0.39, 0.29) is 11.4 Å². The van der Waals surface area contributed by atoms with Gasteiger partial charge < -0.3 is 24.5 Å². The molecule has 0 unspecified atom stereocenters. The van der Waals surface area contributed by atoms with Crippen molar-refractivity contribution in [2.75, 3.05) is 5.73 Å². The molecule has 7 nitrogen and oxygen atoms in total. The topological polar surface area (TPSA) is 115 Å². The first-order valence-electron chi connectivity index (χ1n) is 8.43. The summed E-state index contributed by atoms with van der Waals surface area (Å²) in [7, 11) is -4.50. The molecule has 2 aromatic heterocycles. The lowest BCUT2D eigenvalue weighted by atomic mass is 10.1. The zero-order valence-electron chi connectivity index (χ0n) is 14.1. The molecule has 9 heteroatoms. The van der Waals surface area contributed by atoms with Crippen LogP contribution in [-0.4, -0.2) is 19.3 Å². The molecule has 1 aliphatic rings. The highest BCUT2D eigenvalue weighted by molar-refractivity contribution is 7.59. The van der Waals surface area contributed by atoms with Crippen molar-refractivity contribution in [2.45, 2.75) is 32.7 Å². The molecule has 0 saturated heterocycles. The molecule has 4 N–H and O–H groups in total. The van der Waals surface area contributed by atoms with Crippen LogP contribution >= 0.6 is 7.60 Å². The van der Waals surface area contributed by atoms with E-state index >= 15 is 0 Å². The summed E-state index contributed by atoms with van der Waals surface area (Å²) in [5.74, 6) is 0.603. The molecule has 0 aliphatic heterocycles. The zero-order chi connectivity index (χ0) is 18.6. The number of hydrogen-bond donors (Lipinski definition) is 3. The molecule has 26 heavy (non-hydrogen) atoms. The number of nitrogens with zero attached hydrogens (tertiary/aromatic N) is 2. The van der Waals surface area contributed by atoms with E-state index in [0.29, 0.717) is 30.2 Å². The minimum Gasteiger partial charge on any atom is -0.445 e. The molecule has 0 radical (unpaired) electrons. The molecule has 0 spiro atoms. The van der Waals surface area contributed by atoms with Crippen LogP contribution in [-0.2, 0) is 17.5 Å². The number of nitrogen functional groups attached to an aromatic ring is 1. The van der Waals surface area contributed by atoms with Gasteiger partial charge in [-0.15, -0.1) is 0 Å². The summed E-state index contributed by atoms with van der Waals surface area (Å²) in [5.41, 5.74) is 7.35. The standard InChI is InChI=1S/C17H19FN3O4P/c1-2-10-7-11(18)14(19)15-16(10)21(8-9-3-4-9)17(20-15)12-5-6-13(25-12)26(22,23)24/h5-7,9H,2-4,8,19H2,1H3,(H2,22,23,24). The smallest absolute Gasteiger partial charge is 0.391 e. The monoisotopic (exact) mass is 379 g/mol.